The Kier molecular flexibility index (Phi) is 7.20. The van der Waals surface area contributed by atoms with Gasteiger partial charge in [0.1, 0.15) is 0 Å². The molecular weight excluding hydrogens is 178 g/mol. The van der Waals surface area contributed by atoms with E-state index < -0.39 is 0 Å². The van der Waals surface area contributed by atoms with E-state index in [9.17, 15) is 4.79 Å². The third-order valence-electron chi connectivity index (χ3n) is 2.02. The molecule has 0 fully saturated rings. The van der Waals surface area contributed by atoms with Crippen molar-refractivity contribution in [3.63, 3.8) is 0 Å². The maximum Gasteiger partial charge on any atom is 0.316 e. The number of hydrogen-bond donors (Lipinski definition) is 2. The van der Waals surface area contributed by atoms with Gasteiger partial charge in [-0.05, 0) is 13.3 Å². The summed E-state index contributed by atoms with van der Waals surface area (Å²) in [6.07, 6.45) is 2.37. The molecule has 2 amide bonds. The third-order valence-corrected chi connectivity index (χ3v) is 2.02. The largest absolute Gasteiger partial charge is 0.337 e. The zero-order valence-electron chi connectivity index (χ0n) is 9.76. The first kappa shape index (κ1) is 13.2. The molecule has 0 saturated carbocycles. The van der Waals surface area contributed by atoms with Crippen LogP contribution in [-0.4, -0.2) is 44.2 Å². The highest BCUT2D eigenvalue weighted by Gasteiger charge is 2.02. The standard InChI is InChI=1S/C10H23N3O/c1-5-6-9(2)11-7-8-12-10(14)13(3)4/h9,11H,5-8H2,1-4H3,(H,12,14). The topological polar surface area (TPSA) is 44.4 Å². The lowest BCUT2D eigenvalue weighted by molar-refractivity contribution is 0.217. The van der Waals surface area contributed by atoms with Crippen LogP contribution in [0.5, 0.6) is 0 Å². The van der Waals surface area contributed by atoms with Crippen LogP contribution in [0.1, 0.15) is 26.7 Å². The van der Waals surface area contributed by atoms with Gasteiger partial charge in [-0.1, -0.05) is 13.3 Å². The summed E-state index contributed by atoms with van der Waals surface area (Å²) >= 11 is 0. The van der Waals surface area contributed by atoms with Crippen LogP contribution in [0.2, 0.25) is 0 Å². The summed E-state index contributed by atoms with van der Waals surface area (Å²) < 4.78 is 0. The molecule has 0 radical (unpaired) electrons. The summed E-state index contributed by atoms with van der Waals surface area (Å²) in [6, 6.07) is 0.506. The number of amides is 2. The lowest BCUT2D eigenvalue weighted by Gasteiger charge is -2.15. The predicted molar refractivity (Wildman–Crippen MR) is 59.5 cm³/mol. The number of carbonyl (C=O) groups is 1. The molecule has 0 heterocycles. The van der Waals surface area contributed by atoms with Gasteiger partial charge in [0.05, 0.1) is 0 Å². The lowest BCUT2D eigenvalue weighted by atomic mass is 10.2. The second-order valence-electron chi connectivity index (χ2n) is 3.77. The number of carbonyl (C=O) groups excluding carboxylic acids is 1. The van der Waals surface area contributed by atoms with E-state index in [2.05, 4.69) is 24.5 Å². The van der Waals surface area contributed by atoms with Gasteiger partial charge in [-0.15, -0.1) is 0 Å². The van der Waals surface area contributed by atoms with Crippen LogP contribution >= 0.6 is 0 Å². The van der Waals surface area contributed by atoms with E-state index >= 15 is 0 Å². The Bertz CT molecular complexity index is 159. The van der Waals surface area contributed by atoms with Gasteiger partial charge in [-0.3, -0.25) is 0 Å². The summed E-state index contributed by atoms with van der Waals surface area (Å²) in [5.41, 5.74) is 0. The van der Waals surface area contributed by atoms with Crippen molar-refractivity contribution >= 4 is 6.03 Å². The minimum atomic E-state index is -0.0325. The predicted octanol–water partition coefficient (Wildman–Crippen LogP) is 1.04. The van der Waals surface area contributed by atoms with Crippen molar-refractivity contribution in [2.75, 3.05) is 27.2 Å². The number of nitrogens with zero attached hydrogens (tertiary/aromatic N) is 1. The molecule has 4 nitrogen and oxygen atoms in total. The molecule has 0 saturated heterocycles. The van der Waals surface area contributed by atoms with Crippen LogP contribution in [0.25, 0.3) is 0 Å². The molecule has 14 heavy (non-hydrogen) atoms. The molecule has 0 aromatic rings. The highest BCUT2D eigenvalue weighted by atomic mass is 16.2. The van der Waals surface area contributed by atoms with Crippen LogP contribution < -0.4 is 10.6 Å². The lowest BCUT2D eigenvalue weighted by Crippen LogP contribution is -2.40. The van der Waals surface area contributed by atoms with E-state index in [1.165, 1.54) is 17.7 Å². The molecule has 4 heteroatoms. The summed E-state index contributed by atoms with van der Waals surface area (Å²) in [6.45, 7) is 5.86. The molecule has 1 atom stereocenters. The van der Waals surface area contributed by atoms with Gasteiger partial charge in [-0.2, -0.15) is 0 Å². The molecule has 1 unspecified atom stereocenters. The van der Waals surface area contributed by atoms with Crippen LogP contribution in [0.4, 0.5) is 4.79 Å². The molecule has 84 valence electrons. The highest BCUT2D eigenvalue weighted by Crippen LogP contribution is 1.93. The normalized spacial score (nSPS) is 12.3. The molecule has 0 spiro atoms. The number of hydrogen-bond acceptors (Lipinski definition) is 2. The zero-order chi connectivity index (χ0) is 11.0. The second-order valence-corrected chi connectivity index (χ2v) is 3.77. The van der Waals surface area contributed by atoms with Gasteiger partial charge < -0.3 is 15.5 Å². The SMILES string of the molecule is CCCC(C)NCCNC(=O)N(C)C. The fourth-order valence-electron chi connectivity index (χ4n) is 1.18. The fraction of sp³-hybridized carbons (Fsp3) is 0.900. The molecule has 0 aromatic heterocycles. The van der Waals surface area contributed by atoms with Crippen molar-refractivity contribution in [3.05, 3.63) is 0 Å². The number of nitrogens with one attached hydrogen (secondary N) is 2. The monoisotopic (exact) mass is 201 g/mol. The van der Waals surface area contributed by atoms with Crippen molar-refractivity contribution in [3.8, 4) is 0 Å². The average Bonchev–Trinajstić information content (AvgIpc) is 2.12. The first-order chi connectivity index (χ1) is 6.57. The van der Waals surface area contributed by atoms with Gasteiger partial charge in [0, 0.05) is 33.2 Å². The summed E-state index contributed by atoms with van der Waals surface area (Å²) in [5.74, 6) is 0. The Morgan fingerprint density at radius 2 is 2.00 bits per heavy atom. The van der Waals surface area contributed by atoms with Gasteiger partial charge in [0.15, 0.2) is 0 Å². The molecule has 0 aliphatic heterocycles. The van der Waals surface area contributed by atoms with Crippen molar-refractivity contribution in [2.24, 2.45) is 0 Å². The minimum Gasteiger partial charge on any atom is -0.337 e. The fourth-order valence-corrected chi connectivity index (χ4v) is 1.18. The molecule has 0 aliphatic carbocycles. The third kappa shape index (κ3) is 6.71. The summed E-state index contributed by atoms with van der Waals surface area (Å²) in [7, 11) is 3.48. The Hall–Kier alpha value is -0.770. The smallest absolute Gasteiger partial charge is 0.316 e. The van der Waals surface area contributed by atoms with Gasteiger partial charge in [0.25, 0.3) is 0 Å². The molecule has 2 N–H and O–H groups in total. The van der Waals surface area contributed by atoms with Crippen LogP contribution in [0.3, 0.4) is 0 Å². The van der Waals surface area contributed by atoms with E-state index in [0.717, 1.165) is 6.54 Å². The van der Waals surface area contributed by atoms with E-state index in [1.54, 1.807) is 14.1 Å². The van der Waals surface area contributed by atoms with Crippen molar-refractivity contribution in [1.82, 2.24) is 15.5 Å². The summed E-state index contributed by atoms with van der Waals surface area (Å²) in [4.78, 5) is 12.6. The number of urea groups is 1. The molecule has 0 rings (SSSR count). The quantitative estimate of drug-likeness (QED) is 0.631. The zero-order valence-corrected chi connectivity index (χ0v) is 9.76. The van der Waals surface area contributed by atoms with Gasteiger partial charge >= 0.3 is 6.03 Å². The Morgan fingerprint density at radius 3 is 2.50 bits per heavy atom. The first-order valence-corrected chi connectivity index (χ1v) is 5.26. The first-order valence-electron chi connectivity index (χ1n) is 5.26. The van der Waals surface area contributed by atoms with E-state index in [0.29, 0.717) is 12.6 Å². The van der Waals surface area contributed by atoms with E-state index in [1.807, 2.05) is 0 Å². The Labute approximate surface area is 87.0 Å². The van der Waals surface area contributed by atoms with Crippen molar-refractivity contribution < 1.29 is 4.79 Å². The minimum absolute atomic E-state index is 0.0325. The van der Waals surface area contributed by atoms with Crippen molar-refractivity contribution in [1.29, 1.82) is 0 Å². The van der Waals surface area contributed by atoms with Gasteiger partial charge in [0.2, 0.25) is 0 Å². The van der Waals surface area contributed by atoms with Crippen LogP contribution in [0, 0.1) is 0 Å². The van der Waals surface area contributed by atoms with Crippen LogP contribution in [0.15, 0.2) is 0 Å². The second kappa shape index (κ2) is 7.62. The summed E-state index contributed by atoms with van der Waals surface area (Å²) in [5, 5.41) is 6.15. The molecule has 0 aromatic carbocycles. The van der Waals surface area contributed by atoms with Crippen LogP contribution in [-0.2, 0) is 0 Å². The number of rotatable bonds is 6. The van der Waals surface area contributed by atoms with Gasteiger partial charge in [-0.25, -0.2) is 4.79 Å². The molecular formula is C10H23N3O. The van der Waals surface area contributed by atoms with Crippen molar-refractivity contribution in [2.45, 2.75) is 32.7 Å². The maximum absolute atomic E-state index is 11.1. The molecule has 0 aliphatic rings. The molecule has 0 bridgehead atoms. The Balaban J connectivity index is 3.33. The Morgan fingerprint density at radius 1 is 1.36 bits per heavy atom. The average molecular weight is 201 g/mol. The maximum atomic E-state index is 11.1. The van der Waals surface area contributed by atoms with E-state index in [-0.39, 0.29) is 6.03 Å². The van der Waals surface area contributed by atoms with E-state index in [4.69, 9.17) is 0 Å². The highest BCUT2D eigenvalue weighted by molar-refractivity contribution is 5.73.